The quantitative estimate of drug-likeness (QED) is 0.473. The van der Waals surface area contributed by atoms with E-state index in [1.807, 2.05) is 29.8 Å². The first-order valence-corrected chi connectivity index (χ1v) is 12.5. The number of anilines is 1. The Morgan fingerprint density at radius 2 is 1.94 bits per heavy atom. The van der Waals surface area contributed by atoms with Crippen molar-refractivity contribution in [3.63, 3.8) is 0 Å². The van der Waals surface area contributed by atoms with E-state index in [1.54, 1.807) is 24.7 Å². The fourth-order valence-corrected chi connectivity index (χ4v) is 6.32. The number of halogens is 1. The van der Waals surface area contributed by atoms with Gasteiger partial charge in [-0.25, -0.2) is 14.4 Å². The fraction of sp³-hybridized carbons (Fsp3) is 0.360. The summed E-state index contributed by atoms with van der Waals surface area (Å²) < 4.78 is 16.8. The van der Waals surface area contributed by atoms with Crippen molar-refractivity contribution >= 4 is 23.4 Å². The zero-order valence-corrected chi connectivity index (χ0v) is 19.8. The van der Waals surface area contributed by atoms with Gasteiger partial charge in [-0.1, -0.05) is 24.8 Å². The van der Waals surface area contributed by atoms with Gasteiger partial charge >= 0.3 is 0 Å². The lowest BCUT2D eigenvalue weighted by molar-refractivity contribution is 0.186. The first-order chi connectivity index (χ1) is 16.6. The molecule has 4 aromatic rings. The third kappa shape index (κ3) is 3.37. The molecule has 7 nitrogen and oxygen atoms in total. The highest BCUT2D eigenvalue weighted by Gasteiger charge is 2.46. The maximum Gasteiger partial charge on any atom is 0.211 e. The minimum Gasteiger partial charge on any atom is -0.342 e. The van der Waals surface area contributed by atoms with E-state index >= 15 is 0 Å². The lowest BCUT2D eigenvalue weighted by Gasteiger charge is -2.42. The van der Waals surface area contributed by atoms with Crippen molar-refractivity contribution < 1.29 is 4.39 Å². The average molecular weight is 476 g/mol. The molecule has 1 spiro atoms. The van der Waals surface area contributed by atoms with E-state index in [0.717, 1.165) is 54.5 Å². The molecule has 0 amide bonds. The molecule has 1 aliphatic carbocycles. The van der Waals surface area contributed by atoms with Crippen molar-refractivity contribution in [3.05, 3.63) is 72.0 Å². The van der Waals surface area contributed by atoms with Crippen LogP contribution < -0.4 is 10.6 Å². The van der Waals surface area contributed by atoms with Crippen LogP contribution in [0.1, 0.15) is 42.8 Å². The van der Waals surface area contributed by atoms with Crippen LogP contribution >= 0.6 is 11.8 Å². The first-order valence-electron chi connectivity index (χ1n) is 11.7. The Labute approximate surface area is 201 Å². The molecule has 0 bridgehead atoms. The van der Waals surface area contributed by atoms with Crippen molar-refractivity contribution in [2.24, 2.45) is 11.1 Å². The lowest BCUT2D eigenvalue weighted by Crippen LogP contribution is -2.45. The van der Waals surface area contributed by atoms with Gasteiger partial charge in [0.1, 0.15) is 0 Å². The Balaban J connectivity index is 1.25. The molecule has 2 aliphatic rings. The van der Waals surface area contributed by atoms with Gasteiger partial charge in [-0.2, -0.15) is 0 Å². The Morgan fingerprint density at radius 3 is 2.74 bits per heavy atom. The number of fused-ring (bicyclic) bond motifs is 2. The van der Waals surface area contributed by atoms with Gasteiger partial charge in [0.25, 0.3) is 0 Å². The molecule has 0 radical (unpaired) electrons. The summed E-state index contributed by atoms with van der Waals surface area (Å²) in [5.41, 5.74) is 10.4. The van der Waals surface area contributed by atoms with Crippen LogP contribution in [0.25, 0.3) is 5.65 Å². The topological polar surface area (TPSA) is 85.2 Å². The molecule has 0 unspecified atom stereocenters. The van der Waals surface area contributed by atoms with Crippen molar-refractivity contribution in [1.29, 1.82) is 0 Å². The largest absolute Gasteiger partial charge is 0.342 e. The van der Waals surface area contributed by atoms with E-state index in [1.165, 1.54) is 17.3 Å². The van der Waals surface area contributed by atoms with Crippen molar-refractivity contribution in [3.8, 4) is 0 Å². The second kappa shape index (κ2) is 8.32. The molecule has 0 saturated carbocycles. The van der Waals surface area contributed by atoms with Crippen LogP contribution in [0, 0.1) is 11.2 Å². The number of piperidine rings is 1. The highest BCUT2D eigenvalue weighted by molar-refractivity contribution is 7.99. The maximum atomic E-state index is 14.8. The Bertz CT molecular complexity index is 1360. The first kappa shape index (κ1) is 21.5. The van der Waals surface area contributed by atoms with Crippen LogP contribution in [-0.4, -0.2) is 37.4 Å². The van der Waals surface area contributed by atoms with Crippen LogP contribution in [0.4, 0.5) is 10.3 Å². The van der Waals surface area contributed by atoms with Gasteiger partial charge < -0.3 is 10.6 Å². The molecule has 4 aromatic heterocycles. The molecular weight excluding hydrogens is 449 g/mol. The van der Waals surface area contributed by atoms with E-state index in [9.17, 15) is 4.39 Å². The van der Waals surface area contributed by atoms with Gasteiger partial charge in [0.15, 0.2) is 11.5 Å². The Morgan fingerprint density at radius 1 is 1.09 bits per heavy atom. The number of hydrogen-bond donors (Lipinski definition) is 1. The normalized spacial score (nSPS) is 19.1. The molecule has 174 valence electrons. The number of nitrogens with two attached hydrogens (primary N) is 1. The number of aromatic nitrogens is 5. The van der Waals surface area contributed by atoms with Crippen molar-refractivity contribution in [2.75, 3.05) is 18.0 Å². The van der Waals surface area contributed by atoms with Gasteiger partial charge in [0.05, 0.1) is 15.5 Å². The number of rotatable bonds is 4. The SMILES string of the molecule is CCc1nccc(Sc2cnc(N3CCC4(CC3)Cc3ncccc3[C@H]4N)n3ccnc23)c1F. The predicted molar refractivity (Wildman–Crippen MR) is 129 cm³/mol. The third-order valence-corrected chi connectivity index (χ3v) is 8.38. The molecule has 0 aromatic carbocycles. The molecule has 34 heavy (non-hydrogen) atoms. The highest BCUT2D eigenvalue weighted by Crippen LogP contribution is 2.50. The molecule has 1 aliphatic heterocycles. The lowest BCUT2D eigenvalue weighted by atomic mass is 9.73. The number of nitrogens with zero attached hydrogens (tertiary/aromatic N) is 6. The van der Waals surface area contributed by atoms with Gasteiger partial charge in [0.2, 0.25) is 5.95 Å². The van der Waals surface area contributed by atoms with Crippen LogP contribution in [0.5, 0.6) is 0 Å². The summed E-state index contributed by atoms with van der Waals surface area (Å²) in [6.45, 7) is 3.64. The van der Waals surface area contributed by atoms with E-state index in [2.05, 4.69) is 25.9 Å². The van der Waals surface area contributed by atoms with Gasteiger partial charge in [0, 0.05) is 55.8 Å². The summed E-state index contributed by atoms with van der Waals surface area (Å²) >= 11 is 1.34. The van der Waals surface area contributed by atoms with Crippen molar-refractivity contribution in [1.82, 2.24) is 24.3 Å². The summed E-state index contributed by atoms with van der Waals surface area (Å²) in [6, 6.07) is 5.83. The van der Waals surface area contributed by atoms with Crippen molar-refractivity contribution in [2.45, 2.75) is 48.4 Å². The number of pyridine rings is 2. The zero-order chi connectivity index (χ0) is 23.3. The Hall–Kier alpha value is -3.04. The van der Waals surface area contributed by atoms with E-state index in [0.29, 0.717) is 17.0 Å². The highest BCUT2D eigenvalue weighted by atomic mass is 32.2. The molecule has 1 atom stereocenters. The number of hydrogen-bond acceptors (Lipinski definition) is 7. The van der Waals surface area contributed by atoms with Crippen LogP contribution in [0.2, 0.25) is 0 Å². The summed E-state index contributed by atoms with van der Waals surface area (Å²) in [7, 11) is 0. The van der Waals surface area contributed by atoms with Crippen LogP contribution in [0.3, 0.4) is 0 Å². The monoisotopic (exact) mass is 475 g/mol. The Kier molecular flexibility index (Phi) is 5.26. The minimum absolute atomic E-state index is 0.0293. The standard InChI is InChI=1S/C25H26FN7S/c1-2-17-21(26)19(5-9-29-17)34-20-15-31-24(33-13-10-30-23(20)33)32-11-6-25(7-12-32)14-18-16(22(25)27)4-3-8-28-18/h3-5,8-10,13,15,22H,2,6-7,11-12,14,27H2,1H3/t22-/m1/s1. The molecule has 2 N–H and O–H groups in total. The minimum atomic E-state index is -0.270. The maximum absolute atomic E-state index is 14.8. The summed E-state index contributed by atoms with van der Waals surface area (Å²) in [5.74, 6) is 0.590. The van der Waals surface area contributed by atoms with Crippen LogP contribution in [-0.2, 0) is 12.8 Å². The van der Waals surface area contributed by atoms with Gasteiger partial charge in [-0.15, -0.1) is 0 Å². The van der Waals surface area contributed by atoms with Gasteiger partial charge in [-0.3, -0.25) is 14.4 Å². The molecule has 1 saturated heterocycles. The van der Waals surface area contributed by atoms with E-state index < -0.39 is 0 Å². The number of imidazole rings is 1. The second-order valence-corrected chi connectivity index (χ2v) is 10.2. The molecule has 6 rings (SSSR count). The smallest absolute Gasteiger partial charge is 0.211 e. The molecule has 9 heteroatoms. The number of aryl methyl sites for hydroxylation is 1. The molecule has 5 heterocycles. The van der Waals surface area contributed by atoms with Crippen LogP contribution in [0.15, 0.2) is 59.0 Å². The predicted octanol–water partition coefficient (Wildman–Crippen LogP) is 4.21. The molecular formula is C25H26FN7S. The second-order valence-electron chi connectivity index (χ2n) is 9.11. The summed E-state index contributed by atoms with van der Waals surface area (Å²) in [4.78, 5) is 21.7. The summed E-state index contributed by atoms with van der Waals surface area (Å²) in [6.07, 6.45) is 12.5. The van der Waals surface area contributed by atoms with Gasteiger partial charge in [-0.05, 0) is 48.8 Å². The summed E-state index contributed by atoms with van der Waals surface area (Å²) in [5, 5.41) is 0. The average Bonchev–Trinajstić information content (AvgIpc) is 3.46. The zero-order valence-electron chi connectivity index (χ0n) is 19.0. The third-order valence-electron chi connectivity index (χ3n) is 7.34. The molecule has 1 fully saturated rings. The van der Waals surface area contributed by atoms with E-state index in [-0.39, 0.29) is 17.3 Å². The van der Waals surface area contributed by atoms with E-state index in [4.69, 9.17) is 10.7 Å². The fourth-order valence-electron chi connectivity index (χ4n) is 5.39.